The zero-order valence-electron chi connectivity index (χ0n) is 16.0. The number of amides is 1. The summed E-state index contributed by atoms with van der Waals surface area (Å²) in [4.78, 5) is 16.0. The molecule has 2 aromatic heterocycles. The van der Waals surface area contributed by atoms with Crippen LogP contribution in [0.3, 0.4) is 0 Å². The van der Waals surface area contributed by atoms with Gasteiger partial charge in [-0.15, -0.1) is 0 Å². The molecule has 8 heteroatoms. The molecule has 146 valence electrons. The van der Waals surface area contributed by atoms with E-state index in [-0.39, 0.29) is 18.2 Å². The van der Waals surface area contributed by atoms with Crippen molar-refractivity contribution < 1.29 is 14.3 Å². The monoisotopic (exact) mass is 373 g/mol. The van der Waals surface area contributed by atoms with Gasteiger partial charge in [0.15, 0.2) is 5.82 Å². The van der Waals surface area contributed by atoms with E-state index in [1.54, 1.807) is 13.3 Å². The molecule has 1 fully saturated rings. The smallest absolute Gasteiger partial charge is 0.407 e. The fourth-order valence-electron chi connectivity index (χ4n) is 3.17. The van der Waals surface area contributed by atoms with Crippen LogP contribution in [0.5, 0.6) is 5.88 Å². The highest BCUT2D eigenvalue weighted by Crippen LogP contribution is 2.36. The maximum absolute atomic E-state index is 11.9. The van der Waals surface area contributed by atoms with Gasteiger partial charge in [0.05, 0.1) is 7.11 Å². The van der Waals surface area contributed by atoms with E-state index in [9.17, 15) is 4.79 Å². The summed E-state index contributed by atoms with van der Waals surface area (Å²) in [6.45, 7) is 4.00. The number of methoxy groups -OCH3 is 1. The number of carbonyl (C=O) groups is 1. The van der Waals surface area contributed by atoms with Crippen LogP contribution in [0.25, 0.3) is 0 Å². The molecule has 8 nitrogen and oxygen atoms in total. The fourth-order valence-corrected chi connectivity index (χ4v) is 3.17. The van der Waals surface area contributed by atoms with E-state index in [0.717, 1.165) is 42.9 Å². The van der Waals surface area contributed by atoms with E-state index in [2.05, 4.69) is 25.8 Å². The molecule has 0 spiro atoms. The molecule has 1 amide bonds. The Hall–Kier alpha value is -2.77. The van der Waals surface area contributed by atoms with Gasteiger partial charge in [0.1, 0.15) is 6.10 Å². The van der Waals surface area contributed by atoms with Gasteiger partial charge in [-0.3, -0.25) is 5.10 Å². The lowest BCUT2D eigenvalue weighted by molar-refractivity contribution is 0.0974. The molecule has 0 aromatic carbocycles. The largest absolute Gasteiger partial charge is 0.481 e. The number of H-pyrrole nitrogens is 1. The van der Waals surface area contributed by atoms with Crippen LogP contribution in [0.15, 0.2) is 24.4 Å². The highest BCUT2D eigenvalue weighted by molar-refractivity contribution is 5.67. The van der Waals surface area contributed by atoms with E-state index in [4.69, 9.17) is 9.47 Å². The Morgan fingerprint density at radius 1 is 1.41 bits per heavy atom. The second-order valence-corrected chi connectivity index (χ2v) is 6.91. The predicted octanol–water partition coefficient (Wildman–Crippen LogP) is 3.72. The number of hydrogen-bond donors (Lipinski definition) is 3. The van der Waals surface area contributed by atoms with Crippen molar-refractivity contribution in [1.82, 2.24) is 20.5 Å². The summed E-state index contributed by atoms with van der Waals surface area (Å²) >= 11 is 0. The van der Waals surface area contributed by atoms with Crippen molar-refractivity contribution in [2.75, 3.05) is 12.4 Å². The van der Waals surface area contributed by atoms with Gasteiger partial charge >= 0.3 is 6.09 Å². The van der Waals surface area contributed by atoms with Crippen molar-refractivity contribution in [2.45, 2.75) is 57.6 Å². The Morgan fingerprint density at radius 3 is 3.04 bits per heavy atom. The van der Waals surface area contributed by atoms with Crippen LogP contribution in [-0.4, -0.2) is 40.5 Å². The van der Waals surface area contributed by atoms with Gasteiger partial charge < -0.3 is 20.1 Å². The first-order valence-electron chi connectivity index (χ1n) is 9.37. The van der Waals surface area contributed by atoms with Crippen LogP contribution in [0.2, 0.25) is 0 Å². The summed E-state index contributed by atoms with van der Waals surface area (Å²) in [5, 5.41) is 13.5. The van der Waals surface area contributed by atoms with Crippen LogP contribution in [0, 0.1) is 0 Å². The molecule has 1 aliphatic rings. The first-order valence-corrected chi connectivity index (χ1v) is 9.37. The third kappa shape index (κ3) is 5.12. The van der Waals surface area contributed by atoms with Gasteiger partial charge in [0, 0.05) is 41.7 Å². The average molecular weight is 373 g/mol. The quantitative estimate of drug-likeness (QED) is 0.684. The van der Waals surface area contributed by atoms with Crippen molar-refractivity contribution in [3.8, 4) is 5.88 Å². The SMILES string of the molecule is CCC(C)NC(=O)OC1CCC(c2cc(Nc3ccnc(OC)c3)n[nH]2)C1. The fraction of sp³-hybridized carbons (Fsp3) is 0.526. The first-order chi connectivity index (χ1) is 13.1. The second kappa shape index (κ2) is 8.75. The maximum atomic E-state index is 11.9. The summed E-state index contributed by atoms with van der Waals surface area (Å²) in [5.74, 6) is 1.58. The molecular formula is C19H27N5O3. The lowest BCUT2D eigenvalue weighted by Gasteiger charge is -2.16. The summed E-state index contributed by atoms with van der Waals surface area (Å²) < 4.78 is 10.7. The molecule has 0 saturated heterocycles. The van der Waals surface area contributed by atoms with Crippen molar-refractivity contribution in [3.63, 3.8) is 0 Å². The molecule has 3 unspecified atom stereocenters. The molecule has 2 aromatic rings. The lowest BCUT2D eigenvalue weighted by Crippen LogP contribution is -2.34. The van der Waals surface area contributed by atoms with Crippen molar-refractivity contribution in [3.05, 3.63) is 30.1 Å². The number of ether oxygens (including phenoxy) is 2. The molecule has 3 rings (SSSR count). The Morgan fingerprint density at radius 2 is 2.26 bits per heavy atom. The van der Waals surface area contributed by atoms with Gasteiger partial charge in [0.25, 0.3) is 0 Å². The highest BCUT2D eigenvalue weighted by atomic mass is 16.6. The van der Waals surface area contributed by atoms with Gasteiger partial charge in [-0.1, -0.05) is 6.92 Å². The molecule has 0 bridgehead atoms. The third-order valence-corrected chi connectivity index (χ3v) is 4.89. The number of hydrogen-bond acceptors (Lipinski definition) is 6. The number of nitrogens with one attached hydrogen (secondary N) is 3. The molecule has 1 saturated carbocycles. The summed E-state index contributed by atoms with van der Waals surface area (Å²) in [7, 11) is 1.58. The number of pyridine rings is 1. The molecule has 0 aliphatic heterocycles. The van der Waals surface area contributed by atoms with E-state index >= 15 is 0 Å². The minimum atomic E-state index is -0.325. The molecule has 3 atom stereocenters. The summed E-state index contributed by atoms with van der Waals surface area (Å²) in [5.41, 5.74) is 1.90. The van der Waals surface area contributed by atoms with Gasteiger partial charge in [-0.25, -0.2) is 9.78 Å². The zero-order valence-corrected chi connectivity index (χ0v) is 16.0. The number of carbonyl (C=O) groups excluding carboxylic acids is 1. The first kappa shape index (κ1) is 19.0. The molecule has 1 aliphatic carbocycles. The summed E-state index contributed by atoms with van der Waals surface area (Å²) in [6, 6.07) is 5.79. The standard InChI is InChI=1S/C19H27N5O3/c1-4-12(2)21-19(25)27-15-6-5-13(9-15)16-11-17(24-23-16)22-14-7-8-20-18(10-14)26-3/h7-8,10-13,15H,4-6,9H2,1-3H3,(H,21,25)(H2,20,22,23,24). The Bertz CT molecular complexity index is 763. The lowest BCUT2D eigenvalue weighted by atomic mass is 10.0. The van der Waals surface area contributed by atoms with Crippen LogP contribution < -0.4 is 15.4 Å². The highest BCUT2D eigenvalue weighted by Gasteiger charge is 2.30. The average Bonchev–Trinajstić information content (AvgIpc) is 3.31. The van der Waals surface area contributed by atoms with E-state index in [1.807, 2.05) is 32.0 Å². The Kier molecular flexibility index (Phi) is 6.16. The van der Waals surface area contributed by atoms with Crippen LogP contribution in [-0.2, 0) is 4.74 Å². The van der Waals surface area contributed by atoms with Gasteiger partial charge in [-0.05, 0) is 38.7 Å². The molecule has 27 heavy (non-hydrogen) atoms. The predicted molar refractivity (Wildman–Crippen MR) is 102 cm³/mol. The number of rotatable bonds is 7. The Labute approximate surface area is 159 Å². The van der Waals surface area contributed by atoms with Crippen molar-refractivity contribution in [1.29, 1.82) is 0 Å². The number of alkyl carbamates (subject to hydrolysis) is 1. The van der Waals surface area contributed by atoms with Crippen LogP contribution in [0.1, 0.15) is 51.1 Å². The van der Waals surface area contributed by atoms with Crippen LogP contribution in [0.4, 0.5) is 16.3 Å². The van der Waals surface area contributed by atoms with Crippen molar-refractivity contribution >= 4 is 17.6 Å². The number of nitrogens with zero attached hydrogens (tertiary/aromatic N) is 2. The minimum Gasteiger partial charge on any atom is -0.481 e. The molecular weight excluding hydrogens is 346 g/mol. The molecule has 3 N–H and O–H groups in total. The second-order valence-electron chi connectivity index (χ2n) is 6.91. The van der Waals surface area contributed by atoms with E-state index in [1.165, 1.54) is 0 Å². The zero-order chi connectivity index (χ0) is 19.2. The van der Waals surface area contributed by atoms with Crippen LogP contribution >= 0.6 is 0 Å². The molecule has 0 radical (unpaired) electrons. The van der Waals surface area contributed by atoms with Crippen molar-refractivity contribution in [2.24, 2.45) is 0 Å². The number of aromatic nitrogens is 3. The number of aromatic amines is 1. The van der Waals surface area contributed by atoms with Gasteiger partial charge in [0.2, 0.25) is 5.88 Å². The normalized spacial score (nSPS) is 20.1. The third-order valence-electron chi connectivity index (χ3n) is 4.89. The summed E-state index contributed by atoms with van der Waals surface area (Å²) in [6.07, 6.45) is 4.82. The van der Waals surface area contributed by atoms with E-state index in [0.29, 0.717) is 11.8 Å². The Balaban J connectivity index is 1.53. The van der Waals surface area contributed by atoms with Gasteiger partial charge in [-0.2, -0.15) is 5.10 Å². The molecule has 2 heterocycles. The number of anilines is 2. The minimum absolute atomic E-state index is 0.0526. The maximum Gasteiger partial charge on any atom is 0.407 e. The van der Waals surface area contributed by atoms with E-state index < -0.39 is 0 Å². The topological polar surface area (TPSA) is 101 Å².